The van der Waals surface area contributed by atoms with Gasteiger partial charge in [-0.15, -0.1) is 5.10 Å². The number of hydrogen-bond acceptors (Lipinski definition) is 5. The standard InChI is InChI=1S/C12H19N3O3S/c1-4-5-6-8(12(17)18)13-11(16)10-9(7(2)3)14-15-19-10/h7-8H,4-6H2,1-3H3,(H,13,16)(H,17,18)/t8-/m0/s1. The molecule has 0 unspecified atom stereocenters. The van der Waals surface area contributed by atoms with E-state index in [0.717, 1.165) is 24.4 Å². The van der Waals surface area contributed by atoms with Gasteiger partial charge in [0.05, 0.1) is 5.69 Å². The van der Waals surface area contributed by atoms with Gasteiger partial charge in [-0.3, -0.25) is 4.79 Å². The van der Waals surface area contributed by atoms with E-state index in [1.165, 1.54) is 0 Å². The molecule has 0 aliphatic carbocycles. The molecular weight excluding hydrogens is 266 g/mol. The number of hydrogen-bond donors (Lipinski definition) is 2. The molecule has 1 heterocycles. The Kier molecular flexibility index (Phi) is 5.88. The predicted molar refractivity (Wildman–Crippen MR) is 72.4 cm³/mol. The Morgan fingerprint density at radius 2 is 2.11 bits per heavy atom. The smallest absolute Gasteiger partial charge is 0.326 e. The largest absolute Gasteiger partial charge is 0.480 e. The van der Waals surface area contributed by atoms with E-state index in [4.69, 9.17) is 5.11 Å². The van der Waals surface area contributed by atoms with Crippen LogP contribution in [0.1, 0.15) is 61.3 Å². The van der Waals surface area contributed by atoms with Crippen LogP contribution in [0.5, 0.6) is 0 Å². The highest BCUT2D eigenvalue weighted by Gasteiger charge is 2.24. The van der Waals surface area contributed by atoms with Crippen LogP contribution in [0.15, 0.2) is 0 Å². The van der Waals surface area contributed by atoms with Crippen LogP contribution in [-0.2, 0) is 4.79 Å². The lowest BCUT2D eigenvalue weighted by Crippen LogP contribution is -2.40. The molecule has 1 atom stereocenters. The third-order valence-electron chi connectivity index (χ3n) is 2.72. The van der Waals surface area contributed by atoms with E-state index in [-0.39, 0.29) is 5.92 Å². The molecule has 1 aromatic rings. The number of carbonyl (C=O) groups excluding carboxylic acids is 1. The molecule has 0 spiro atoms. The van der Waals surface area contributed by atoms with Crippen LogP contribution in [0.3, 0.4) is 0 Å². The maximum absolute atomic E-state index is 12.1. The highest BCUT2D eigenvalue weighted by Crippen LogP contribution is 2.19. The molecule has 0 fully saturated rings. The summed E-state index contributed by atoms with van der Waals surface area (Å²) >= 11 is 0.997. The molecule has 0 aliphatic heterocycles. The van der Waals surface area contributed by atoms with Gasteiger partial charge in [-0.25, -0.2) is 4.79 Å². The Morgan fingerprint density at radius 3 is 2.63 bits per heavy atom. The fourth-order valence-electron chi connectivity index (χ4n) is 1.62. The number of nitrogens with zero attached hydrogens (tertiary/aromatic N) is 2. The highest BCUT2D eigenvalue weighted by atomic mass is 32.1. The Morgan fingerprint density at radius 1 is 1.42 bits per heavy atom. The Hall–Kier alpha value is -1.50. The molecule has 6 nitrogen and oxygen atoms in total. The molecule has 1 rings (SSSR count). The second-order valence-electron chi connectivity index (χ2n) is 4.65. The van der Waals surface area contributed by atoms with Crippen molar-refractivity contribution in [3.8, 4) is 0 Å². The number of unbranched alkanes of at least 4 members (excludes halogenated alkanes) is 1. The predicted octanol–water partition coefficient (Wildman–Crippen LogP) is 2.03. The van der Waals surface area contributed by atoms with E-state index < -0.39 is 17.9 Å². The highest BCUT2D eigenvalue weighted by molar-refractivity contribution is 7.08. The van der Waals surface area contributed by atoms with E-state index in [1.807, 2.05) is 20.8 Å². The first-order valence-electron chi connectivity index (χ1n) is 6.33. The van der Waals surface area contributed by atoms with E-state index >= 15 is 0 Å². The number of amides is 1. The zero-order valence-electron chi connectivity index (χ0n) is 11.3. The van der Waals surface area contributed by atoms with Gasteiger partial charge in [0.1, 0.15) is 10.9 Å². The maximum atomic E-state index is 12.1. The van der Waals surface area contributed by atoms with Crippen LogP contribution >= 0.6 is 11.5 Å². The molecule has 0 bridgehead atoms. The summed E-state index contributed by atoms with van der Waals surface area (Å²) in [6, 6.07) is -0.852. The minimum atomic E-state index is -1.01. The van der Waals surface area contributed by atoms with Crippen LogP contribution < -0.4 is 5.32 Å². The van der Waals surface area contributed by atoms with E-state index in [9.17, 15) is 9.59 Å². The second kappa shape index (κ2) is 7.18. The molecular formula is C12H19N3O3S. The summed E-state index contributed by atoms with van der Waals surface area (Å²) in [7, 11) is 0. The first-order valence-corrected chi connectivity index (χ1v) is 7.10. The van der Waals surface area contributed by atoms with Gasteiger partial charge in [-0.1, -0.05) is 38.1 Å². The number of rotatable bonds is 7. The first kappa shape index (κ1) is 15.6. The molecule has 106 valence electrons. The summed E-state index contributed by atoms with van der Waals surface area (Å²) < 4.78 is 3.76. The van der Waals surface area contributed by atoms with Gasteiger partial charge in [0.2, 0.25) is 0 Å². The zero-order valence-corrected chi connectivity index (χ0v) is 12.2. The molecule has 0 saturated carbocycles. The minimum absolute atomic E-state index is 0.0819. The molecule has 0 aromatic carbocycles. The van der Waals surface area contributed by atoms with Gasteiger partial charge in [-0.2, -0.15) is 0 Å². The lowest BCUT2D eigenvalue weighted by molar-refractivity contribution is -0.139. The van der Waals surface area contributed by atoms with Gasteiger partial charge in [-0.05, 0) is 23.9 Å². The number of aromatic nitrogens is 2. The van der Waals surface area contributed by atoms with Crippen LogP contribution in [-0.4, -0.2) is 32.6 Å². The molecule has 0 saturated heterocycles. The van der Waals surface area contributed by atoms with Crippen LogP contribution in [0, 0.1) is 0 Å². The molecule has 7 heteroatoms. The summed E-state index contributed by atoms with van der Waals surface area (Å²) in [6.45, 7) is 5.81. The average molecular weight is 285 g/mol. The van der Waals surface area contributed by atoms with Crippen molar-refractivity contribution in [1.82, 2.24) is 14.9 Å². The Bertz CT molecular complexity index is 445. The number of aliphatic carboxylic acids is 1. The number of carboxylic acids is 1. The van der Waals surface area contributed by atoms with Crippen LogP contribution in [0.2, 0.25) is 0 Å². The van der Waals surface area contributed by atoms with Crippen molar-refractivity contribution >= 4 is 23.4 Å². The molecule has 19 heavy (non-hydrogen) atoms. The van der Waals surface area contributed by atoms with Crippen LogP contribution in [0.25, 0.3) is 0 Å². The Labute approximate surface area is 116 Å². The van der Waals surface area contributed by atoms with Crippen molar-refractivity contribution in [2.45, 2.75) is 52.0 Å². The van der Waals surface area contributed by atoms with Gasteiger partial charge in [0.15, 0.2) is 0 Å². The molecule has 1 aromatic heterocycles. The van der Waals surface area contributed by atoms with Gasteiger partial charge < -0.3 is 10.4 Å². The molecule has 1 amide bonds. The lowest BCUT2D eigenvalue weighted by Gasteiger charge is -2.13. The van der Waals surface area contributed by atoms with Crippen molar-refractivity contribution in [3.63, 3.8) is 0 Å². The normalized spacial score (nSPS) is 12.4. The summed E-state index contributed by atoms with van der Waals surface area (Å²) in [5, 5.41) is 15.5. The lowest BCUT2D eigenvalue weighted by atomic mass is 10.1. The van der Waals surface area contributed by atoms with Crippen LogP contribution in [0.4, 0.5) is 0 Å². The fourth-order valence-corrected chi connectivity index (χ4v) is 2.34. The van der Waals surface area contributed by atoms with Crippen molar-refractivity contribution < 1.29 is 14.7 Å². The monoisotopic (exact) mass is 285 g/mol. The van der Waals surface area contributed by atoms with E-state index in [1.54, 1.807) is 0 Å². The summed E-state index contributed by atoms with van der Waals surface area (Å²) in [6.07, 6.45) is 2.08. The van der Waals surface area contributed by atoms with Crippen molar-refractivity contribution in [1.29, 1.82) is 0 Å². The third-order valence-corrected chi connectivity index (χ3v) is 3.46. The molecule has 0 radical (unpaired) electrons. The maximum Gasteiger partial charge on any atom is 0.326 e. The minimum Gasteiger partial charge on any atom is -0.480 e. The molecule has 2 N–H and O–H groups in total. The van der Waals surface area contributed by atoms with Crippen molar-refractivity contribution in [3.05, 3.63) is 10.6 Å². The van der Waals surface area contributed by atoms with E-state index in [2.05, 4.69) is 14.9 Å². The quantitative estimate of drug-likeness (QED) is 0.799. The van der Waals surface area contributed by atoms with E-state index in [0.29, 0.717) is 17.0 Å². The zero-order chi connectivity index (χ0) is 14.4. The Balaban J connectivity index is 2.76. The van der Waals surface area contributed by atoms with Gasteiger partial charge in [0.25, 0.3) is 5.91 Å². The third kappa shape index (κ3) is 4.27. The summed E-state index contributed by atoms with van der Waals surface area (Å²) in [5.41, 5.74) is 0.613. The number of carbonyl (C=O) groups is 2. The first-order chi connectivity index (χ1) is 8.97. The summed E-state index contributed by atoms with van der Waals surface area (Å²) in [5.74, 6) is -1.33. The SMILES string of the molecule is CCCC[C@H](NC(=O)c1snnc1C(C)C)C(=O)O. The topological polar surface area (TPSA) is 92.2 Å². The number of carboxylic acid groups (broad SMARTS) is 1. The summed E-state index contributed by atoms with van der Waals surface area (Å²) in [4.78, 5) is 23.6. The van der Waals surface area contributed by atoms with Crippen molar-refractivity contribution in [2.24, 2.45) is 0 Å². The van der Waals surface area contributed by atoms with Crippen molar-refractivity contribution in [2.75, 3.05) is 0 Å². The second-order valence-corrected chi connectivity index (χ2v) is 5.40. The molecule has 0 aliphatic rings. The van der Waals surface area contributed by atoms with Gasteiger partial charge in [0, 0.05) is 0 Å². The fraction of sp³-hybridized carbons (Fsp3) is 0.667. The van der Waals surface area contributed by atoms with Gasteiger partial charge >= 0.3 is 5.97 Å². The number of nitrogens with one attached hydrogen (secondary N) is 1. The average Bonchev–Trinajstić information content (AvgIpc) is 2.83.